The summed E-state index contributed by atoms with van der Waals surface area (Å²) < 4.78 is 22.3. The van der Waals surface area contributed by atoms with Crippen LogP contribution in [0.4, 0.5) is 0 Å². The third kappa shape index (κ3) is 6.25. The number of aliphatic hydroxyl groups excluding tert-OH is 1. The van der Waals surface area contributed by atoms with E-state index >= 15 is 0 Å². The normalized spacial score (nSPS) is 17.1. The largest absolute Gasteiger partial charge is 0.507 e. The van der Waals surface area contributed by atoms with Gasteiger partial charge in [-0.05, 0) is 82.5 Å². The number of Topliss-reactive ketones (excluding diaryl/α,β-unsaturated/α-hetero) is 1. The number of aliphatic hydroxyl groups is 1. The maximum atomic E-state index is 13.3. The van der Waals surface area contributed by atoms with Crippen molar-refractivity contribution in [3.05, 3.63) is 58.7 Å². The van der Waals surface area contributed by atoms with Gasteiger partial charge in [-0.25, -0.2) is 0 Å². The number of hydrogen-bond donors (Lipinski definition) is 1. The van der Waals surface area contributed by atoms with Crippen LogP contribution in [0.25, 0.3) is 5.76 Å². The predicted octanol–water partition coefficient (Wildman–Crippen LogP) is 5.04. The SMILES string of the molecule is COc1ccc(C2/C(=C(/O)c3ccc(OC(C)C)c(C)c3)C(=O)C(=O)N2CCCOC(C)C)cc1OC. The van der Waals surface area contributed by atoms with Crippen molar-refractivity contribution < 1.29 is 33.6 Å². The second kappa shape index (κ2) is 12.1. The number of likely N-dealkylation sites (tertiary alicyclic amines) is 1. The summed E-state index contributed by atoms with van der Waals surface area (Å²) in [6.07, 6.45) is 0.589. The number of ketones is 1. The zero-order valence-electron chi connectivity index (χ0n) is 22.7. The van der Waals surface area contributed by atoms with Crippen molar-refractivity contribution in [3.63, 3.8) is 0 Å². The smallest absolute Gasteiger partial charge is 0.295 e. The van der Waals surface area contributed by atoms with Crippen LogP contribution in [0.5, 0.6) is 17.2 Å². The summed E-state index contributed by atoms with van der Waals surface area (Å²) in [5.74, 6) is 0.0288. The molecule has 1 amide bonds. The zero-order chi connectivity index (χ0) is 27.3. The maximum Gasteiger partial charge on any atom is 0.295 e. The summed E-state index contributed by atoms with van der Waals surface area (Å²) in [4.78, 5) is 28.0. The number of carbonyl (C=O) groups is 2. The number of hydrogen-bond acceptors (Lipinski definition) is 7. The van der Waals surface area contributed by atoms with Crippen LogP contribution < -0.4 is 14.2 Å². The monoisotopic (exact) mass is 511 g/mol. The van der Waals surface area contributed by atoms with E-state index < -0.39 is 17.7 Å². The van der Waals surface area contributed by atoms with Crippen LogP contribution in [0.2, 0.25) is 0 Å². The Hall–Kier alpha value is -3.52. The number of amides is 1. The summed E-state index contributed by atoms with van der Waals surface area (Å²) in [6.45, 7) is 10.3. The van der Waals surface area contributed by atoms with Gasteiger partial charge in [0.05, 0.1) is 38.0 Å². The number of methoxy groups -OCH3 is 2. The first-order valence-electron chi connectivity index (χ1n) is 12.5. The van der Waals surface area contributed by atoms with Crippen molar-refractivity contribution in [3.8, 4) is 17.2 Å². The number of aryl methyl sites for hydroxylation is 1. The number of carbonyl (C=O) groups excluding carboxylic acids is 2. The Morgan fingerprint density at radius 3 is 2.22 bits per heavy atom. The van der Waals surface area contributed by atoms with Gasteiger partial charge in [0.2, 0.25) is 0 Å². The van der Waals surface area contributed by atoms with E-state index in [0.717, 1.165) is 5.56 Å². The molecule has 0 aliphatic carbocycles. The van der Waals surface area contributed by atoms with Crippen LogP contribution in [0.3, 0.4) is 0 Å². The maximum absolute atomic E-state index is 13.3. The standard InChI is InChI=1S/C29H37NO7/c1-17(2)36-14-8-13-30-26(20-9-12-23(34-6)24(16-20)35-7)25(28(32)29(30)33)27(31)21-10-11-22(19(5)15-21)37-18(3)4/h9-12,15-18,26,31H,8,13-14H2,1-7H3/b27-25-. The average molecular weight is 512 g/mol. The van der Waals surface area contributed by atoms with Gasteiger partial charge in [-0.1, -0.05) is 6.07 Å². The van der Waals surface area contributed by atoms with E-state index in [2.05, 4.69) is 0 Å². The number of ether oxygens (including phenoxy) is 4. The quantitative estimate of drug-likeness (QED) is 0.196. The minimum Gasteiger partial charge on any atom is -0.507 e. The minimum atomic E-state index is -0.800. The first kappa shape index (κ1) is 28.1. The molecule has 1 saturated heterocycles. The average Bonchev–Trinajstić information content (AvgIpc) is 3.11. The zero-order valence-corrected chi connectivity index (χ0v) is 22.7. The Balaban J connectivity index is 2.10. The van der Waals surface area contributed by atoms with E-state index in [4.69, 9.17) is 18.9 Å². The van der Waals surface area contributed by atoms with Gasteiger partial charge in [0.1, 0.15) is 11.5 Å². The number of benzene rings is 2. The van der Waals surface area contributed by atoms with E-state index in [0.29, 0.717) is 41.4 Å². The molecule has 0 radical (unpaired) electrons. The Bertz CT molecular complexity index is 1170. The molecule has 1 atom stereocenters. The first-order chi connectivity index (χ1) is 17.6. The van der Waals surface area contributed by atoms with Crippen LogP contribution in [-0.4, -0.2) is 61.3 Å². The fourth-order valence-electron chi connectivity index (χ4n) is 4.37. The molecule has 0 aromatic heterocycles. The molecular formula is C29H37NO7. The summed E-state index contributed by atoms with van der Waals surface area (Å²) in [6, 6.07) is 9.62. The third-order valence-electron chi connectivity index (χ3n) is 6.07. The summed E-state index contributed by atoms with van der Waals surface area (Å²) >= 11 is 0. The molecule has 1 fully saturated rings. The van der Waals surface area contributed by atoms with Crippen molar-refractivity contribution in [2.75, 3.05) is 27.4 Å². The molecule has 2 aromatic rings. The number of nitrogens with zero attached hydrogens (tertiary/aromatic N) is 1. The molecule has 37 heavy (non-hydrogen) atoms. The third-order valence-corrected chi connectivity index (χ3v) is 6.07. The van der Waals surface area contributed by atoms with Crippen molar-refractivity contribution in [2.45, 2.75) is 59.3 Å². The number of rotatable bonds is 11. The molecule has 200 valence electrons. The van der Waals surface area contributed by atoms with Crippen molar-refractivity contribution in [2.24, 2.45) is 0 Å². The van der Waals surface area contributed by atoms with E-state index in [1.807, 2.05) is 34.6 Å². The van der Waals surface area contributed by atoms with Crippen LogP contribution in [0.15, 0.2) is 42.0 Å². The highest BCUT2D eigenvalue weighted by atomic mass is 16.5. The van der Waals surface area contributed by atoms with Gasteiger partial charge in [0, 0.05) is 18.7 Å². The second-order valence-corrected chi connectivity index (χ2v) is 9.53. The van der Waals surface area contributed by atoms with Gasteiger partial charge in [-0.2, -0.15) is 0 Å². The Kier molecular flexibility index (Phi) is 9.21. The molecule has 0 bridgehead atoms. The van der Waals surface area contributed by atoms with Gasteiger partial charge in [0.25, 0.3) is 11.7 Å². The van der Waals surface area contributed by atoms with Crippen LogP contribution >= 0.6 is 0 Å². The molecule has 8 heteroatoms. The van der Waals surface area contributed by atoms with Gasteiger partial charge >= 0.3 is 0 Å². The molecule has 1 N–H and O–H groups in total. The molecule has 1 unspecified atom stereocenters. The topological polar surface area (TPSA) is 94.5 Å². The molecule has 1 heterocycles. The van der Waals surface area contributed by atoms with Crippen LogP contribution in [-0.2, 0) is 14.3 Å². The lowest BCUT2D eigenvalue weighted by Gasteiger charge is -2.26. The molecule has 1 aliphatic rings. The Morgan fingerprint density at radius 2 is 1.62 bits per heavy atom. The van der Waals surface area contributed by atoms with Gasteiger partial charge in [0.15, 0.2) is 11.5 Å². The van der Waals surface area contributed by atoms with Crippen molar-refractivity contribution in [1.29, 1.82) is 0 Å². The Labute approximate surface area is 218 Å². The Morgan fingerprint density at radius 1 is 0.946 bits per heavy atom. The van der Waals surface area contributed by atoms with E-state index in [1.54, 1.807) is 36.4 Å². The summed E-state index contributed by atoms with van der Waals surface area (Å²) in [5.41, 5.74) is 1.89. The highest BCUT2D eigenvalue weighted by Crippen LogP contribution is 2.42. The van der Waals surface area contributed by atoms with Crippen LogP contribution in [0.1, 0.15) is 56.8 Å². The molecular weight excluding hydrogens is 474 g/mol. The molecule has 8 nitrogen and oxygen atoms in total. The van der Waals surface area contributed by atoms with Gasteiger partial charge in [-0.15, -0.1) is 0 Å². The van der Waals surface area contributed by atoms with Gasteiger partial charge in [-0.3, -0.25) is 9.59 Å². The molecule has 3 rings (SSSR count). The van der Waals surface area contributed by atoms with Gasteiger partial charge < -0.3 is 29.0 Å². The predicted molar refractivity (Wildman–Crippen MR) is 141 cm³/mol. The van der Waals surface area contributed by atoms with Crippen LogP contribution in [0, 0.1) is 6.92 Å². The lowest BCUT2D eigenvalue weighted by Crippen LogP contribution is -2.31. The van der Waals surface area contributed by atoms with Crippen molar-refractivity contribution in [1.82, 2.24) is 4.90 Å². The van der Waals surface area contributed by atoms with E-state index in [9.17, 15) is 14.7 Å². The van der Waals surface area contributed by atoms with E-state index in [1.165, 1.54) is 19.1 Å². The van der Waals surface area contributed by atoms with E-state index in [-0.39, 0.29) is 30.1 Å². The highest BCUT2D eigenvalue weighted by Gasteiger charge is 2.46. The summed E-state index contributed by atoms with van der Waals surface area (Å²) in [5, 5.41) is 11.4. The highest BCUT2D eigenvalue weighted by molar-refractivity contribution is 6.46. The fraction of sp³-hybridized carbons (Fsp3) is 0.448. The summed E-state index contributed by atoms with van der Waals surface area (Å²) in [7, 11) is 3.05. The molecule has 2 aromatic carbocycles. The first-order valence-corrected chi connectivity index (χ1v) is 12.5. The van der Waals surface area contributed by atoms with Crippen molar-refractivity contribution >= 4 is 17.4 Å². The minimum absolute atomic E-state index is 0.00630. The molecule has 0 saturated carbocycles. The lowest BCUT2D eigenvalue weighted by atomic mass is 9.94. The lowest BCUT2D eigenvalue weighted by molar-refractivity contribution is -0.140. The fourth-order valence-corrected chi connectivity index (χ4v) is 4.37. The second-order valence-electron chi connectivity index (χ2n) is 9.53. The molecule has 0 spiro atoms. The molecule has 1 aliphatic heterocycles.